The maximum Gasteiger partial charge on any atom is 0.312 e. The molecular weight excluding hydrogens is 1170 g/mol. The van der Waals surface area contributed by atoms with Crippen LogP contribution < -0.4 is 37.6 Å². The number of benzene rings is 1. The zero-order valence-corrected chi connectivity index (χ0v) is 57.9. The van der Waals surface area contributed by atoms with Gasteiger partial charge in [-0.3, -0.25) is 52.7 Å². The number of amides is 9. The van der Waals surface area contributed by atoms with Gasteiger partial charge < -0.3 is 52.2 Å². The lowest BCUT2D eigenvalue weighted by Crippen LogP contribution is -2.45. The number of hydrogen-bond donors (Lipinski definition) is 7. The van der Waals surface area contributed by atoms with Crippen LogP contribution in [0, 0.1) is 35.5 Å². The van der Waals surface area contributed by atoms with Crippen molar-refractivity contribution >= 4 is 76.4 Å². The summed E-state index contributed by atoms with van der Waals surface area (Å²) >= 11 is 0. The van der Waals surface area contributed by atoms with Crippen molar-refractivity contribution in [3.63, 3.8) is 0 Å². The van der Waals surface area contributed by atoms with E-state index in [9.17, 15) is 57.5 Å². The first kappa shape index (κ1) is 83.3. The van der Waals surface area contributed by atoms with Crippen molar-refractivity contribution in [2.45, 2.75) is 248 Å². The molecule has 1 aromatic rings. The van der Waals surface area contributed by atoms with Gasteiger partial charge in [0.15, 0.2) is 17.3 Å². The molecule has 0 aromatic heterocycles. The molecule has 0 saturated carbocycles. The van der Waals surface area contributed by atoms with E-state index in [1.807, 2.05) is 0 Å². The molecule has 92 heavy (non-hydrogen) atoms. The van der Waals surface area contributed by atoms with Crippen LogP contribution >= 0.6 is 0 Å². The number of carbonyl (C=O) groups excluding carboxylic acids is 12. The molecule has 22 heteroatoms. The Morgan fingerprint density at radius 2 is 1.02 bits per heavy atom. The smallest absolute Gasteiger partial charge is 0.312 e. The first-order valence-electron chi connectivity index (χ1n) is 34.5. The zero-order chi connectivity index (χ0) is 68.8. The van der Waals surface area contributed by atoms with Crippen LogP contribution in [0.15, 0.2) is 24.3 Å². The van der Waals surface area contributed by atoms with Crippen LogP contribution in [0.4, 0.5) is 10.5 Å². The number of rotatable bonds is 54. The van der Waals surface area contributed by atoms with E-state index in [2.05, 4.69) is 52.7 Å². The summed E-state index contributed by atoms with van der Waals surface area (Å²) in [6, 6.07) is 5.08. The molecule has 0 aliphatic carbocycles. The number of hydrogen-bond acceptors (Lipinski definition) is 13. The Labute approximate surface area is 550 Å². The van der Waals surface area contributed by atoms with E-state index in [-0.39, 0.29) is 156 Å². The number of nitrogens with zero attached hydrogens (tertiary/aromatic N) is 2. The Morgan fingerprint density at radius 3 is 1.61 bits per heavy atom. The number of anilines is 1. The van der Waals surface area contributed by atoms with Crippen molar-refractivity contribution in [3.05, 3.63) is 29.8 Å². The van der Waals surface area contributed by atoms with Crippen LogP contribution in [0.3, 0.4) is 0 Å². The SMILES string of the molecule is CCCCCCCCCCCCCCCC(=O)NCCC(=O)N(C)CC(=O)C[C@@H](CCCCNC(=O)CCCC(=O)N[C@H](C(=O)C[C@@H](CCCNC(N)=O)C(=O)Nc1ccc(COC(=O)C(C)C)cc1)C(C)C)C(=O)N(C)CC(=O)C[C@@H](C)C(=O)NCCCC(C)C. The molecule has 0 spiro atoms. The van der Waals surface area contributed by atoms with Crippen molar-refractivity contribution < 1.29 is 62.3 Å². The van der Waals surface area contributed by atoms with Crippen molar-refractivity contribution in [1.29, 1.82) is 0 Å². The van der Waals surface area contributed by atoms with Crippen molar-refractivity contribution in [2.24, 2.45) is 41.2 Å². The molecule has 4 atom stereocenters. The summed E-state index contributed by atoms with van der Waals surface area (Å²) < 4.78 is 5.28. The van der Waals surface area contributed by atoms with Gasteiger partial charge in [-0.05, 0) is 80.9 Å². The Balaban J connectivity index is 2.82. The topological polar surface area (TPSA) is 319 Å². The highest BCUT2D eigenvalue weighted by molar-refractivity contribution is 5.98. The number of ether oxygens (including phenoxy) is 1. The number of primary amides is 1. The maximum atomic E-state index is 14.0. The third-order valence-electron chi connectivity index (χ3n) is 16.2. The van der Waals surface area contributed by atoms with Crippen LogP contribution in [-0.2, 0) is 64.1 Å². The van der Waals surface area contributed by atoms with Gasteiger partial charge in [-0.25, -0.2) is 4.79 Å². The standard InChI is InChI=1S/C70H119N9O13/c1-11-12-13-14-15-16-17-18-19-20-21-22-23-32-61(83)73-43-39-64(86)78(9)47-59(81)45-56(68(89)79(10)48-58(80)44-53(8)66(87)74-41-27-29-50(2)3)30-24-25-40-72-62(84)33-26-34-63(85)77-65(51(4)5)60(82)46-55(31-28-42-75-70(71)91)67(88)76-57-37-35-54(36-38-57)49-92-69(90)52(6)7/h35-38,50-53,55-56,65H,11-34,39-49H2,1-10H3,(H,72,84)(H,73,83)(H,74,87)(H,76,88)(H,77,85)(H3,71,75,91)/t53-,55-,56-,65+/m1/s1. The summed E-state index contributed by atoms with van der Waals surface area (Å²) in [6.45, 7) is 15.7. The summed E-state index contributed by atoms with van der Waals surface area (Å²) in [5.74, 6) is -6.13. The molecule has 0 bridgehead atoms. The Hall–Kier alpha value is -6.74. The van der Waals surface area contributed by atoms with Gasteiger partial charge in [0.05, 0.1) is 25.0 Å². The molecular formula is C70H119N9O13. The summed E-state index contributed by atoms with van der Waals surface area (Å²) in [4.78, 5) is 159. The van der Waals surface area contributed by atoms with E-state index in [0.29, 0.717) is 49.4 Å². The van der Waals surface area contributed by atoms with Crippen LogP contribution in [0.2, 0.25) is 0 Å². The average molecular weight is 1290 g/mol. The minimum absolute atomic E-state index is 0.000940. The quantitative estimate of drug-likeness (QED) is 0.0236. The highest BCUT2D eigenvalue weighted by atomic mass is 16.5. The molecule has 0 fully saturated rings. The predicted octanol–water partition coefficient (Wildman–Crippen LogP) is 9.57. The first-order chi connectivity index (χ1) is 43.7. The van der Waals surface area contributed by atoms with E-state index in [1.54, 1.807) is 58.9 Å². The predicted molar refractivity (Wildman–Crippen MR) is 359 cm³/mol. The van der Waals surface area contributed by atoms with E-state index in [0.717, 1.165) is 32.1 Å². The highest BCUT2D eigenvalue weighted by Gasteiger charge is 2.31. The fourth-order valence-electron chi connectivity index (χ4n) is 10.6. The lowest BCUT2D eigenvalue weighted by atomic mass is 9.89. The second kappa shape index (κ2) is 49.8. The lowest BCUT2D eigenvalue weighted by molar-refractivity contribution is -0.148. The van der Waals surface area contributed by atoms with Gasteiger partial charge in [-0.15, -0.1) is 0 Å². The monoisotopic (exact) mass is 1290 g/mol. The molecule has 522 valence electrons. The minimum Gasteiger partial charge on any atom is -0.461 e. The first-order valence-corrected chi connectivity index (χ1v) is 34.5. The molecule has 1 rings (SSSR count). The molecule has 0 aliphatic rings. The zero-order valence-electron chi connectivity index (χ0n) is 57.9. The van der Waals surface area contributed by atoms with Gasteiger partial charge in [0, 0.05) is 109 Å². The number of carbonyl (C=O) groups is 12. The maximum absolute atomic E-state index is 14.0. The Morgan fingerprint density at radius 1 is 0.500 bits per heavy atom. The molecule has 0 heterocycles. The van der Waals surface area contributed by atoms with Gasteiger partial charge in [-0.1, -0.05) is 151 Å². The number of nitrogens with two attached hydrogens (primary N) is 1. The van der Waals surface area contributed by atoms with Gasteiger partial charge in [0.25, 0.3) is 0 Å². The molecule has 1 aromatic carbocycles. The third kappa shape index (κ3) is 41.0. The van der Waals surface area contributed by atoms with Gasteiger partial charge in [0.1, 0.15) is 6.61 Å². The number of nitrogens with one attached hydrogen (secondary N) is 6. The van der Waals surface area contributed by atoms with Gasteiger partial charge in [0.2, 0.25) is 41.4 Å². The molecule has 8 N–H and O–H groups in total. The largest absolute Gasteiger partial charge is 0.461 e. The number of urea groups is 1. The summed E-state index contributed by atoms with van der Waals surface area (Å²) in [6.07, 6.45) is 19.2. The molecule has 0 unspecified atom stereocenters. The summed E-state index contributed by atoms with van der Waals surface area (Å²) in [7, 11) is 2.98. The van der Waals surface area contributed by atoms with E-state index in [4.69, 9.17) is 10.5 Å². The van der Waals surface area contributed by atoms with Crippen LogP contribution in [-0.4, -0.2) is 140 Å². The van der Waals surface area contributed by atoms with Gasteiger partial charge in [-0.2, -0.15) is 0 Å². The van der Waals surface area contributed by atoms with Crippen LogP contribution in [0.1, 0.15) is 241 Å². The summed E-state index contributed by atoms with van der Waals surface area (Å²) in [5.41, 5.74) is 6.40. The highest BCUT2D eigenvalue weighted by Crippen LogP contribution is 2.22. The molecule has 9 amide bonds. The number of ketones is 3. The lowest BCUT2D eigenvalue weighted by Gasteiger charge is -2.24. The molecule has 0 radical (unpaired) electrons. The van der Waals surface area contributed by atoms with Gasteiger partial charge >= 0.3 is 12.0 Å². The molecule has 0 saturated heterocycles. The second-order valence-corrected chi connectivity index (χ2v) is 26.2. The molecule has 22 nitrogen and oxygen atoms in total. The fraction of sp³-hybridized carbons (Fsp3) is 0.743. The minimum atomic E-state index is -0.933. The number of unbranched alkanes of at least 4 members (excludes halogenated alkanes) is 13. The van der Waals surface area contributed by atoms with Crippen molar-refractivity contribution in [2.75, 3.05) is 58.7 Å². The Bertz CT molecular complexity index is 2400. The normalized spacial score (nSPS) is 12.5. The van der Waals surface area contributed by atoms with Crippen LogP contribution in [0.25, 0.3) is 0 Å². The van der Waals surface area contributed by atoms with E-state index in [1.165, 1.54) is 88.1 Å². The summed E-state index contributed by atoms with van der Waals surface area (Å²) in [5, 5.41) is 16.7. The number of Topliss-reactive ketones (excluding diaryl/α,β-unsaturated/α-hetero) is 3. The average Bonchev–Trinajstić information content (AvgIpc) is 1.44. The van der Waals surface area contributed by atoms with Crippen LogP contribution in [0.5, 0.6) is 0 Å². The van der Waals surface area contributed by atoms with Crippen molar-refractivity contribution in [1.82, 2.24) is 36.4 Å². The van der Waals surface area contributed by atoms with E-state index >= 15 is 0 Å². The fourth-order valence-corrected chi connectivity index (χ4v) is 10.6. The molecule has 0 aliphatic heterocycles. The van der Waals surface area contributed by atoms with Crippen molar-refractivity contribution in [3.8, 4) is 0 Å². The Kier molecular flexibility index (Phi) is 45.1. The van der Waals surface area contributed by atoms with E-state index < -0.39 is 47.5 Å². The number of esters is 1. The third-order valence-corrected chi connectivity index (χ3v) is 16.2. The second-order valence-electron chi connectivity index (χ2n) is 26.2. The number of likely N-dealkylation sites (N-methyl/N-ethyl adjacent to an activating group) is 2.